The zero-order valence-electron chi connectivity index (χ0n) is 15.6. The summed E-state index contributed by atoms with van der Waals surface area (Å²) >= 11 is 6.33. The van der Waals surface area contributed by atoms with Gasteiger partial charge < -0.3 is 15.0 Å². The Morgan fingerprint density at radius 2 is 2.15 bits per heavy atom. The maximum atomic E-state index is 12.5. The predicted molar refractivity (Wildman–Crippen MR) is 105 cm³/mol. The Hall–Kier alpha value is -2.08. The second-order valence-electron chi connectivity index (χ2n) is 7.08. The molecule has 27 heavy (non-hydrogen) atoms. The summed E-state index contributed by atoms with van der Waals surface area (Å²) in [6.45, 7) is 3.58. The summed E-state index contributed by atoms with van der Waals surface area (Å²) in [7, 11) is 0. The number of ether oxygens (including phenoxy) is 1. The van der Waals surface area contributed by atoms with Crippen molar-refractivity contribution in [2.45, 2.75) is 45.1 Å². The lowest BCUT2D eigenvalue weighted by atomic mass is 10.1. The van der Waals surface area contributed by atoms with Gasteiger partial charge in [-0.05, 0) is 43.9 Å². The number of hydrogen-bond acceptors (Lipinski definition) is 5. The zero-order valence-corrected chi connectivity index (χ0v) is 16.4. The molecule has 1 aromatic rings. The van der Waals surface area contributed by atoms with E-state index in [0.29, 0.717) is 29.9 Å². The molecule has 2 heterocycles. The summed E-state index contributed by atoms with van der Waals surface area (Å²) in [5.41, 5.74) is 0.725. The van der Waals surface area contributed by atoms with Crippen LogP contribution in [0.2, 0.25) is 5.02 Å². The number of pyridine rings is 1. The van der Waals surface area contributed by atoms with Gasteiger partial charge in [0.25, 0.3) is 0 Å². The highest BCUT2D eigenvalue weighted by atomic mass is 35.5. The van der Waals surface area contributed by atoms with Crippen LogP contribution in [0.4, 0.5) is 5.82 Å². The summed E-state index contributed by atoms with van der Waals surface area (Å²) in [5.74, 6) is 0.727. The standard InChI is InChI=1S/C20H26ClN3O3/c1-2-27-18(25)8-7-14-11-17(21)19(22-12-14)23-16-9-10-24(13-16)20(26)15-5-3-4-6-15/h7-8,11-12,15-16H,2-6,9-10,13H2,1H3,(H,22,23)/t16-/m1/s1. The van der Waals surface area contributed by atoms with E-state index in [2.05, 4.69) is 10.3 Å². The van der Waals surface area contributed by atoms with Crippen molar-refractivity contribution >= 4 is 35.4 Å². The highest BCUT2D eigenvalue weighted by Crippen LogP contribution is 2.29. The smallest absolute Gasteiger partial charge is 0.330 e. The number of halogens is 1. The van der Waals surface area contributed by atoms with E-state index in [1.165, 1.54) is 18.9 Å². The molecule has 1 aliphatic heterocycles. The van der Waals surface area contributed by atoms with Gasteiger partial charge in [0.05, 0.1) is 11.6 Å². The first kappa shape index (κ1) is 19.7. The van der Waals surface area contributed by atoms with Crippen molar-refractivity contribution in [1.82, 2.24) is 9.88 Å². The Balaban J connectivity index is 1.55. The average Bonchev–Trinajstić information content (AvgIpc) is 3.34. The maximum Gasteiger partial charge on any atom is 0.330 e. The second-order valence-corrected chi connectivity index (χ2v) is 7.49. The van der Waals surface area contributed by atoms with Crippen LogP contribution < -0.4 is 5.32 Å². The molecule has 0 unspecified atom stereocenters. The summed E-state index contributed by atoms with van der Waals surface area (Å²) in [6, 6.07) is 1.91. The van der Waals surface area contributed by atoms with Crippen molar-refractivity contribution < 1.29 is 14.3 Å². The summed E-state index contributed by atoms with van der Waals surface area (Å²) < 4.78 is 4.85. The van der Waals surface area contributed by atoms with E-state index in [0.717, 1.165) is 31.4 Å². The fourth-order valence-corrected chi connectivity index (χ4v) is 3.94. The topological polar surface area (TPSA) is 71.5 Å². The Morgan fingerprint density at radius 3 is 2.85 bits per heavy atom. The molecule has 2 fully saturated rings. The molecule has 2 aliphatic rings. The third-order valence-corrected chi connectivity index (χ3v) is 5.39. The summed E-state index contributed by atoms with van der Waals surface area (Å²) in [4.78, 5) is 30.2. The van der Waals surface area contributed by atoms with Crippen LogP contribution in [0.1, 0.15) is 44.6 Å². The van der Waals surface area contributed by atoms with Gasteiger partial charge in [0, 0.05) is 37.3 Å². The van der Waals surface area contributed by atoms with Gasteiger partial charge >= 0.3 is 5.97 Å². The number of carbonyl (C=O) groups is 2. The van der Waals surface area contributed by atoms with E-state index in [1.54, 1.807) is 25.3 Å². The van der Waals surface area contributed by atoms with Gasteiger partial charge in [-0.1, -0.05) is 24.4 Å². The Morgan fingerprint density at radius 1 is 1.37 bits per heavy atom. The van der Waals surface area contributed by atoms with E-state index in [-0.39, 0.29) is 12.0 Å². The van der Waals surface area contributed by atoms with Gasteiger partial charge in [-0.2, -0.15) is 0 Å². The number of nitrogens with zero attached hydrogens (tertiary/aromatic N) is 2. The molecule has 1 atom stereocenters. The first-order valence-electron chi connectivity index (χ1n) is 9.62. The van der Waals surface area contributed by atoms with Gasteiger partial charge in [0.2, 0.25) is 5.91 Å². The van der Waals surface area contributed by atoms with Crippen molar-refractivity contribution in [3.63, 3.8) is 0 Å². The second kappa shape index (κ2) is 9.22. The molecule has 1 aromatic heterocycles. The largest absolute Gasteiger partial charge is 0.463 e. The molecular formula is C20H26ClN3O3. The molecule has 7 heteroatoms. The Labute approximate surface area is 164 Å². The van der Waals surface area contributed by atoms with Crippen LogP contribution in [-0.4, -0.2) is 47.5 Å². The van der Waals surface area contributed by atoms with Crippen LogP contribution in [-0.2, 0) is 14.3 Å². The minimum absolute atomic E-state index is 0.154. The third kappa shape index (κ3) is 5.22. The number of aromatic nitrogens is 1. The molecule has 1 aliphatic carbocycles. The van der Waals surface area contributed by atoms with E-state index in [9.17, 15) is 9.59 Å². The number of anilines is 1. The molecule has 0 aromatic carbocycles. The van der Waals surface area contributed by atoms with Crippen LogP contribution in [0.3, 0.4) is 0 Å². The molecule has 0 bridgehead atoms. The van der Waals surface area contributed by atoms with E-state index < -0.39 is 5.97 Å². The van der Waals surface area contributed by atoms with Crippen LogP contribution in [0.15, 0.2) is 18.3 Å². The van der Waals surface area contributed by atoms with Crippen molar-refractivity contribution in [2.75, 3.05) is 25.0 Å². The van der Waals surface area contributed by atoms with Crippen molar-refractivity contribution in [1.29, 1.82) is 0 Å². The maximum absolute atomic E-state index is 12.5. The normalized spacial score (nSPS) is 20.4. The van der Waals surface area contributed by atoms with E-state index >= 15 is 0 Å². The van der Waals surface area contributed by atoms with Gasteiger partial charge in [-0.25, -0.2) is 9.78 Å². The molecule has 1 saturated carbocycles. The highest BCUT2D eigenvalue weighted by molar-refractivity contribution is 6.33. The molecule has 6 nitrogen and oxygen atoms in total. The lowest BCUT2D eigenvalue weighted by Gasteiger charge is -2.21. The number of amides is 1. The molecule has 1 N–H and O–H groups in total. The quantitative estimate of drug-likeness (QED) is 0.593. The fraction of sp³-hybridized carbons (Fsp3) is 0.550. The van der Waals surface area contributed by atoms with Crippen molar-refractivity contribution in [2.24, 2.45) is 5.92 Å². The minimum Gasteiger partial charge on any atom is -0.463 e. The highest BCUT2D eigenvalue weighted by Gasteiger charge is 2.32. The van der Waals surface area contributed by atoms with Gasteiger partial charge in [-0.3, -0.25) is 4.79 Å². The van der Waals surface area contributed by atoms with Crippen LogP contribution in [0.25, 0.3) is 6.08 Å². The number of hydrogen-bond donors (Lipinski definition) is 1. The van der Waals surface area contributed by atoms with E-state index in [4.69, 9.17) is 16.3 Å². The summed E-state index contributed by atoms with van der Waals surface area (Å²) in [6.07, 6.45) is 9.92. The Kier molecular flexibility index (Phi) is 6.72. The lowest BCUT2D eigenvalue weighted by molar-refractivity contribution is -0.137. The zero-order chi connectivity index (χ0) is 19.2. The average molecular weight is 392 g/mol. The van der Waals surface area contributed by atoms with Crippen LogP contribution >= 0.6 is 11.6 Å². The van der Waals surface area contributed by atoms with Crippen molar-refractivity contribution in [3.8, 4) is 0 Å². The number of carbonyl (C=O) groups excluding carboxylic acids is 2. The monoisotopic (exact) mass is 391 g/mol. The minimum atomic E-state index is -0.395. The first-order chi connectivity index (χ1) is 13.1. The Bertz CT molecular complexity index is 716. The van der Waals surface area contributed by atoms with Crippen molar-refractivity contribution in [3.05, 3.63) is 28.9 Å². The molecule has 3 rings (SSSR count). The third-order valence-electron chi connectivity index (χ3n) is 5.11. The molecular weight excluding hydrogens is 366 g/mol. The number of rotatable bonds is 6. The predicted octanol–water partition coefficient (Wildman–Crippen LogP) is 3.51. The van der Waals surface area contributed by atoms with E-state index in [1.807, 2.05) is 4.90 Å². The number of esters is 1. The molecule has 1 amide bonds. The van der Waals surface area contributed by atoms with Gasteiger partial charge in [0.1, 0.15) is 5.82 Å². The SMILES string of the molecule is CCOC(=O)C=Cc1cnc(N[C@@H]2CCN(C(=O)C3CCCC3)C2)c(Cl)c1. The number of likely N-dealkylation sites (tertiary alicyclic amines) is 1. The molecule has 146 valence electrons. The van der Waals surface area contributed by atoms with Gasteiger partial charge in [0.15, 0.2) is 0 Å². The number of nitrogens with one attached hydrogen (secondary N) is 1. The molecule has 0 radical (unpaired) electrons. The van der Waals surface area contributed by atoms with Crippen LogP contribution in [0.5, 0.6) is 0 Å². The lowest BCUT2D eigenvalue weighted by Crippen LogP contribution is -2.35. The fourth-order valence-electron chi connectivity index (χ4n) is 3.71. The first-order valence-corrected chi connectivity index (χ1v) is 10.0. The summed E-state index contributed by atoms with van der Waals surface area (Å²) in [5, 5.41) is 3.83. The molecule has 1 saturated heterocycles. The van der Waals surface area contributed by atoms with Crippen LogP contribution in [0, 0.1) is 5.92 Å². The van der Waals surface area contributed by atoms with Gasteiger partial charge in [-0.15, -0.1) is 0 Å². The molecule has 0 spiro atoms.